The van der Waals surface area contributed by atoms with Crippen molar-refractivity contribution in [1.82, 2.24) is 15.1 Å². The zero-order valence-electron chi connectivity index (χ0n) is 12.4. The Labute approximate surface area is 123 Å². The van der Waals surface area contributed by atoms with Gasteiger partial charge in [0, 0.05) is 17.7 Å². The molecular formula is C16H19N3O2. The molecule has 0 bridgehead atoms. The van der Waals surface area contributed by atoms with E-state index in [9.17, 15) is 9.59 Å². The molecule has 1 heterocycles. The number of hydrogen-bond donors (Lipinski definition) is 1. The van der Waals surface area contributed by atoms with Crippen molar-refractivity contribution < 1.29 is 4.79 Å². The van der Waals surface area contributed by atoms with Crippen LogP contribution < -0.4 is 10.9 Å². The van der Waals surface area contributed by atoms with Gasteiger partial charge in [0.2, 0.25) is 5.91 Å². The first-order valence-electron chi connectivity index (χ1n) is 6.94. The standard InChI is InChI=1S/C16H19N3O2/c1-11(2)17-16(21)12(3)19-15(20)10-9-14(18-19)13-7-5-4-6-8-13/h4-12H,1-3H3,(H,17,21). The molecule has 1 aromatic carbocycles. The Morgan fingerprint density at radius 3 is 2.38 bits per heavy atom. The Hall–Kier alpha value is -2.43. The molecule has 2 aromatic rings. The third-order valence-electron chi connectivity index (χ3n) is 3.07. The molecule has 0 aliphatic rings. The number of nitrogens with zero attached hydrogens (tertiary/aromatic N) is 2. The monoisotopic (exact) mass is 285 g/mol. The van der Waals surface area contributed by atoms with E-state index in [1.165, 1.54) is 10.7 Å². The van der Waals surface area contributed by atoms with Crippen molar-refractivity contribution in [2.75, 3.05) is 0 Å². The summed E-state index contributed by atoms with van der Waals surface area (Å²) >= 11 is 0. The first-order valence-corrected chi connectivity index (χ1v) is 6.94. The second-order valence-electron chi connectivity index (χ2n) is 5.21. The summed E-state index contributed by atoms with van der Waals surface area (Å²) in [4.78, 5) is 24.0. The summed E-state index contributed by atoms with van der Waals surface area (Å²) in [5.41, 5.74) is 1.28. The number of rotatable bonds is 4. The summed E-state index contributed by atoms with van der Waals surface area (Å²) in [5.74, 6) is -0.218. The van der Waals surface area contributed by atoms with Gasteiger partial charge < -0.3 is 5.32 Å². The van der Waals surface area contributed by atoms with Crippen LogP contribution in [0.5, 0.6) is 0 Å². The van der Waals surface area contributed by atoms with Crippen molar-refractivity contribution in [3.63, 3.8) is 0 Å². The quantitative estimate of drug-likeness (QED) is 0.934. The Balaban J connectivity index is 2.36. The van der Waals surface area contributed by atoms with E-state index in [0.717, 1.165) is 5.56 Å². The van der Waals surface area contributed by atoms with Crippen LogP contribution in [-0.2, 0) is 4.79 Å². The molecule has 1 N–H and O–H groups in total. The van der Waals surface area contributed by atoms with Crippen LogP contribution in [0.15, 0.2) is 47.3 Å². The van der Waals surface area contributed by atoms with Crippen LogP contribution in [-0.4, -0.2) is 21.7 Å². The lowest BCUT2D eigenvalue weighted by Gasteiger charge is -2.16. The Morgan fingerprint density at radius 2 is 1.76 bits per heavy atom. The highest BCUT2D eigenvalue weighted by atomic mass is 16.2. The van der Waals surface area contributed by atoms with E-state index in [0.29, 0.717) is 5.69 Å². The van der Waals surface area contributed by atoms with Crippen molar-refractivity contribution in [2.24, 2.45) is 0 Å². The molecule has 1 aromatic heterocycles. The van der Waals surface area contributed by atoms with Crippen LogP contribution in [0.1, 0.15) is 26.8 Å². The summed E-state index contributed by atoms with van der Waals surface area (Å²) < 4.78 is 1.22. The number of hydrogen-bond acceptors (Lipinski definition) is 3. The van der Waals surface area contributed by atoms with Crippen LogP contribution in [0.2, 0.25) is 0 Å². The molecule has 1 atom stereocenters. The maximum absolute atomic E-state index is 12.0. The van der Waals surface area contributed by atoms with Crippen molar-refractivity contribution in [3.05, 3.63) is 52.8 Å². The van der Waals surface area contributed by atoms with Gasteiger partial charge in [-0.25, -0.2) is 4.68 Å². The molecule has 0 fully saturated rings. The Morgan fingerprint density at radius 1 is 1.10 bits per heavy atom. The van der Waals surface area contributed by atoms with Gasteiger partial charge in [-0.15, -0.1) is 0 Å². The summed E-state index contributed by atoms with van der Waals surface area (Å²) in [6, 6.07) is 12.0. The van der Waals surface area contributed by atoms with Gasteiger partial charge >= 0.3 is 0 Å². The molecule has 0 aliphatic carbocycles. The van der Waals surface area contributed by atoms with Gasteiger partial charge in [-0.05, 0) is 26.8 Å². The minimum absolute atomic E-state index is 0.0213. The van der Waals surface area contributed by atoms with Crippen molar-refractivity contribution >= 4 is 5.91 Å². The summed E-state index contributed by atoms with van der Waals surface area (Å²) in [7, 11) is 0. The largest absolute Gasteiger partial charge is 0.352 e. The SMILES string of the molecule is CC(C)NC(=O)C(C)n1nc(-c2ccccc2)ccc1=O. The maximum Gasteiger partial charge on any atom is 0.267 e. The molecule has 5 heteroatoms. The number of amides is 1. The number of benzene rings is 1. The second kappa shape index (κ2) is 6.35. The number of aromatic nitrogens is 2. The third kappa shape index (κ3) is 3.56. The van der Waals surface area contributed by atoms with Crippen LogP contribution >= 0.6 is 0 Å². The van der Waals surface area contributed by atoms with E-state index in [2.05, 4.69) is 10.4 Å². The molecule has 5 nitrogen and oxygen atoms in total. The lowest BCUT2D eigenvalue weighted by atomic mass is 10.1. The molecule has 1 unspecified atom stereocenters. The average Bonchev–Trinajstić information content (AvgIpc) is 2.47. The van der Waals surface area contributed by atoms with Gasteiger partial charge in [0.15, 0.2) is 0 Å². The molecular weight excluding hydrogens is 266 g/mol. The summed E-state index contributed by atoms with van der Waals surface area (Å²) in [6.45, 7) is 5.42. The minimum Gasteiger partial charge on any atom is -0.352 e. The van der Waals surface area contributed by atoms with Gasteiger partial charge in [-0.3, -0.25) is 9.59 Å². The lowest BCUT2D eigenvalue weighted by molar-refractivity contribution is -0.124. The van der Waals surface area contributed by atoms with E-state index < -0.39 is 6.04 Å². The summed E-state index contributed by atoms with van der Waals surface area (Å²) in [5, 5.41) is 7.10. The van der Waals surface area contributed by atoms with Gasteiger partial charge in [0.1, 0.15) is 6.04 Å². The number of nitrogens with one attached hydrogen (secondary N) is 1. The Kier molecular flexibility index (Phi) is 4.52. The fraction of sp³-hybridized carbons (Fsp3) is 0.312. The first kappa shape index (κ1) is 15.0. The van der Waals surface area contributed by atoms with Crippen molar-refractivity contribution in [3.8, 4) is 11.3 Å². The topological polar surface area (TPSA) is 64.0 Å². The first-order chi connectivity index (χ1) is 9.99. The van der Waals surface area contributed by atoms with Gasteiger partial charge in [0.05, 0.1) is 5.69 Å². The van der Waals surface area contributed by atoms with Gasteiger partial charge in [-0.1, -0.05) is 30.3 Å². The Bertz CT molecular complexity index is 677. The van der Waals surface area contributed by atoms with Crippen molar-refractivity contribution in [1.29, 1.82) is 0 Å². The molecule has 0 aliphatic heterocycles. The highest BCUT2D eigenvalue weighted by Crippen LogP contribution is 2.15. The minimum atomic E-state index is -0.649. The lowest BCUT2D eigenvalue weighted by Crippen LogP contribution is -2.39. The van der Waals surface area contributed by atoms with Crippen LogP contribution in [0.25, 0.3) is 11.3 Å². The molecule has 0 saturated heterocycles. The van der Waals surface area contributed by atoms with E-state index in [1.54, 1.807) is 13.0 Å². The molecule has 0 radical (unpaired) electrons. The van der Waals surface area contributed by atoms with Crippen LogP contribution in [0, 0.1) is 0 Å². The molecule has 110 valence electrons. The zero-order valence-corrected chi connectivity index (χ0v) is 12.4. The van der Waals surface area contributed by atoms with E-state index in [-0.39, 0.29) is 17.5 Å². The predicted octanol–water partition coefficient (Wildman–Crippen LogP) is 2.00. The predicted molar refractivity (Wildman–Crippen MR) is 81.9 cm³/mol. The van der Waals surface area contributed by atoms with E-state index >= 15 is 0 Å². The van der Waals surface area contributed by atoms with Crippen LogP contribution in [0.3, 0.4) is 0 Å². The summed E-state index contributed by atoms with van der Waals surface area (Å²) in [6.07, 6.45) is 0. The number of carbonyl (C=O) groups is 1. The van der Waals surface area contributed by atoms with E-state index in [4.69, 9.17) is 0 Å². The van der Waals surface area contributed by atoms with Gasteiger partial charge in [-0.2, -0.15) is 5.10 Å². The van der Waals surface area contributed by atoms with Gasteiger partial charge in [0.25, 0.3) is 5.56 Å². The molecule has 0 saturated carbocycles. The molecule has 2 rings (SSSR count). The van der Waals surface area contributed by atoms with E-state index in [1.807, 2.05) is 44.2 Å². The zero-order chi connectivity index (χ0) is 15.4. The average molecular weight is 285 g/mol. The fourth-order valence-electron chi connectivity index (χ4n) is 1.98. The second-order valence-corrected chi connectivity index (χ2v) is 5.21. The third-order valence-corrected chi connectivity index (χ3v) is 3.07. The fourth-order valence-corrected chi connectivity index (χ4v) is 1.98. The maximum atomic E-state index is 12.0. The smallest absolute Gasteiger partial charge is 0.267 e. The highest BCUT2D eigenvalue weighted by Gasteiger charge is 2.18. The normalized spacial score (nSPS) is 12.2. The molecule has 21 heavy (non-hydrogen) atoms. The molecule has 1 amide bonds. The van der Waals surface area contributed by atoms with Crippen LogP contribution in [0.4, 0.5) is 0 Å². The number of carbonyl (C=O) groups excluding carboxylic acids is 1. The highest BCUT2D eigenvalue weighted by molar-refractivity contribution is 5.80. The molecule has 0 spiro atoms. The van der Waals surface area contributed by atoms with Crippen molar-refractivity contribution in [2.45, 2.75) is 32.9 Å².